The molecule has 0 radical (unpaired) electrons. The Hall–Kier alpha value is -0.520. The van der Waals surface area contributed by atoms with Crippen molar-refractivity contribution in [1.29, 1.82) is 0 Å². The highest BCUT2D eigenvalue weighted by Crippen LogP contribution is 2.40. The van der Waals surface area contributed by atoms with Crippen LogP contribution in [0.3, 0.4) is 0 Å². The van der Waals surface area contributed by atoms with E-state index < -0.39 is 10.0 Å². The molecule has 0 N–H and O–H groups in total. The van der Waals surface area contributed by atoms with Crippen molar-refractivity contribution in [3.63, 3.8) is 0 Å². The Morgan fingerprint density at radius 1 is 1.26 bits per heavy atom. The quantitative estimate of drug-likeness (QED) is 0.861. The Morgan fingerprint density at radius 3 is 2.42 bits per heavy atom. The third-order valence-corrected chi connectivity index (χ3v) is 7.33. The van der Waals surface area contributed by atoms with Crippen molar-refractivity contribution in [2.24, 2.45) is 0 Å². The van der Waals surface area contributed by atoms with Gasteiger partial charge >= 0.3 is 0 Å². The van der Waals surface area contributed by atoms with Crippen molar-refractivity contribution in [3.8, 4) is 0 Å². The SMILES string of the molecule is CC(C)c1ccc(S(=O)(=O)N2CC3CC2CS3)cc1. The van der Waals surface area contributed by atoms with Crippen molar-refractivity contribution in [3.05, 3.63) is 29.8 Å². The van der Waals surface area contributed by atoms with Crippen LogP contribution in [0.2, 0.25) is 0 Å². The van der Waals surface area contributed by atoms with Crippen LogP contribution in [-0.2, 0) is 10.0 Å². The molecule has 2 saturated heterocycles. The fraction of sp³-hybridized carbons (Fsp3) is 0.571. The average Bonchev–Trinajstić information content (AvgIpc) is 3.01. The highest BCUT2D eigenvalue weighted by atomic mass is 32.2. The molecule has 3 nitrogen and oxygen atoms in total. The zero-order valence-corrected chi connectivity index (χ0v) is 12.9. The van der Waals surface area contributed by atoms with Gasteiger partial charge in [-0.2, -0.15) is 16.1 Å². The van der Waals surface area contributed by atoms with Crippen LogP contribution in [0.1, 0.15) is 31.7 Å². The average molecular weight is 297 g/mol. The number of nitrogens with zero attached hydrogens (tertiary/aromatic N) is 1. The Labute approximate surface area is 119 Å². The van der Waals surface area contributed by atoms with Crippen molar-refractivity contribution in [2.75, 3.05) is 12.3 Å². The predicted molar refractivity (Wildman–Crippen MR) is 79.1 cm³/mol. The maximum absolute atomic E-state index is 12.6. The van der Waals surface area contributed by atoms with E-state index in [1.165, 1.54) is 5.56 Å². The highest BCUT2D eigenvalue weighted by molar-refractivity contribution is 8.00. The summed E-state index contributed by atoms with van der Waals surface area (Å²) in [5.74, 6) is 1.38. The fourth-order valence-corrected chi connectivity index (χ4v) is 6.12. The van der Waals surface area contributed by atoms with Gasteiger partial charge in [0.25, 0.3) is 0 Å². The Morgan fingerprint density at radius 2 is 1.95 bits per heavy atom. The summed E-state index contributed by atoms with van der Waals surface area (Å²) in [4.78, 5) is 0.439. The molecule has 19 heavy (non-hydrogen) atoms. The molecule has 2 aliphatic heterocycles. The molecule has 2 bridgehead atoms. The first-order chi connectivity index (χ1) is 8.98. The lowest BCUT2D eigenvalue weighted by atomic mass is 10.0. The first-order valence-electron chi connectivity index (χ1n) is 6.72. The summed E-state index contributed by atoms with van der Waals surface area (Å²) in [6.07, 6.45) is 1.02. The zero-order valence-electron chi connectivity index (χ0n) is 11.2. The van der Waals surface area contributed by atoms with E-state index in [4.69, 9.17) is 0 Å². The van der Waals surface area contributed by atoms with E-state index in [1.54, 1.807) is 16.4 Å². The molecule has 0 aromatic heterocycles. The Kier molecular flexibility index (Phi) is 3.39. The lowest BCUT2D eigenvalue weighted by Gasteiger charge is -2.25. The maximum Gasteiger partial charge on any atom is 0.243 e. The minimum Gasteiger partial charge on any atom is -0.207 e. The van der Waals surface area contributed by atoms with Crippen LogP contribution in [-0.4, -0.2) is 36.3 Å². The minimum atomic E-state index is -3.29. The molecule has 0 saturated carbocycles. The van der Waals surface area contributed by atoms with Gasteiger partial charge in [-0.25, -0.2) is 8.42 Å². The third kappa shape index (κ3) is 2.32. The van der Waals surface area contributed by atoms with Crippen molar-refractivity contribution in [2.45, 2.75) is 42.4 Å². The van der Waals surface area contributed by atoms with Crippen LogP contribution in [0, 0.1) is 0 Å². The maximum atomic E-state index is 12.6. The normalized spacial score (nSPS) is 27.3. The number of hydrogen-bond donors (Lipinski definition) is 0. The lowest BCUT2D eigenvalue weighted by Crippen LogP contribution is -2.39. The molecule has 3 rings (SSSR count). The summed E-state index contributed by atoms with van der Waals surface area (Å²) in [5.41, 5.74) is 1.18. The molecule has 0 amide bonds. The summed E-state index contributed by atoms with van der Waals surface area (Å²) in [6, 6.07) is 7.58. The van der Waals surface area contributed by atoms with Crippen molar-refractivity contribution >= 4 is 21.8 Å². The largest absolute Gasteiger partial charge is 0.243 e. The van der Waals surface area contributed by atoms with Gasteiger partial charge in [0.15, 0.2) is 0 Å². The molecule has 2 aliphatic rings. The smallest absolute Gasteiger partial charge is 0.207 e. The number of thioether (sulfide) groups is 1. The molecule has 0 aliphatic carbocycles. The van der Waals surface area contributed by atoms with E-state index in [2.05, 4.69) is 13.8 Å². The van der Waals surface area contributed by atoms with Crippen LogP contribution in [0.25, 0.3) is 0 Å². The zero-order chi connectivity index (χ0) is 13.6. The van der Waals surface area contributed by atoms with Crippen LogP contribution in [0.4, 0.5) is 0 Å². The first-order valence-corrected chi connectivity index (χ1v) is 9.21. The number of benzene rings is 1. The predicted octanol–water partition coefficient (Wildman–Crippen LogP) is 2.69. The van der Waals surface area contributed by atoms with Gasteiger partial charge in [-0.05, 0) is 30.0 Å². The van der Waals surface area contributed by atoms with Crippen LogP contribution >= 0.6 is 11.8 Å². The van der Waals surface area contributed by atoms with E-state index >= 15 is 0 Å². The van der Waals surface area contributed by atoms with Gasteiger partial charge in [0.1, 0.15) is 0 Å². The molecule has 1 aromatic rings. The molecular formula is C14H19NO2S2. The molecule has 5 heteroatoms. The number of hydrogen-bond acceptors (Lipinski definition) is 3. The van der Waals surface area contributed by atoms with Crippen molar-refractivity contribution < 1.29 is 8.42 Å². The Balaban J connectivity index is 1.88. The molecule has 2 heterocycles. The highest BCUT2D eigenvalue weighted by Gasteiger charge is 2.44. The van der Waals surface area contributed by atoms with Gasteiger partial charge in [0, 0.05) is 23.6 Å². The molecular weight excluding hydrogens is 278 g/mol. The van der Waals surface area contributed by atoms with Crippen LogP contribution in [0.15, 0.2) is 29.2 Å². The molecule has 2 fully saturated rings. The molecule has 0 spiro atoms. The minimum absolute atomic E-state index is 0.213. The number of rotatable bonds is 3. The van der Waals surface area contributed by atoms with Crippen LogP contribution < -0.4 is 0 Å². The summed E-state index contributed by atoms with van der Waals surface area (Å²) in [5, 5.41) is 0.509. The van der Waals surface area contributed by atoms with Gasteiger partial charge < -0.3 is 0 Å². The van der Waals surface area contributed by atoms with Crippen LogP contribution in [0.5, 0.6) is 0 Å². The van der Waals surface area contributed by atoms with Gasteiger partial charge in [0.05, 0.1) is 4.90 Å². The Bertz CT molecular complexity index is 566. The van der Waals surface area contributed by atoms with Gasteiger partial charge in [0.2, 0.25) is 10.0 Å². The topological polar surface area (TPSA) is 37.4 Å². The number of sulfonamides is 1. The molecule has 104 valence electrons. The van der Waals surface area contributed by atoms with E-state index in [0.29, 0.717) is 22.6 Å². The molecule has 2 atom stereocenters. The van der Waals surface area contributed by atoms with E-state index in [-0.39, 0.29) is 6.04 Å². The molecule has 2 unspecified atom stereocenters. The second-order valence-electron chi connectivity index (χ2n) is 5.64. The second-order valence-corrected chi connectivity index (χ2v) is 8.87. The number of fused-ring (bicyclic) bond motifs is 2. The third-order valence-electron chi connectivity index (χ3n) is 4.00. The second kappa shape index (κ2) is 4.79. The fourth-order valence-electron chi connectivity index (χ4n) is 2.82. The van der Waals surface area contributed by atoms with E-state index in [9.17, 15) is 8.42 Å². The monoisotopic (exact) mass is 297 g/mol. The summed E-state index contributed by atoms with van der Waals surface area (Å²) < 4.78 is 27.0. The van der Waals surface area contributed by atoms with E-state index in [1.807, 2.05) is 23.9 Å². The molecule has 1 aromatic carbocycles. The summed E-state index contributed by atoms with van der Waals surface area (Å²) in [6.45, 7) is 4.91. The standard InChI is InChI=1S/C14H19NO2S2/c1-10(2)11-3-5-14(6-4-11)19(16,17)15-8-13-7-12(15)9-18-13/h3-6,10,12-13H,7-9H2,1-2H3. The summed E-state index contributed by atoms with van der Waals surface area (Å²) >= 11 is 1.91. The van der Waals surface area contributed by atoms with Gasteiger partial charge in [-0.1, -0.05) is 26.0 Å². The van der Waals surface area contributed by atoms with Gasteiger partial charge in [-0.15, -0.1) is 0 Å². The summed E-state index contributed by atoms with van der Waals surface area (Å²) in [7, 11) is -3.29. The first kappa shape index (κ1) is 13.5. The van der Waals surface area contributed by atoms with Crippen molar-refractivity contribution in [1.82, 2.24) is 4.31 Å². The van der Waals surface area contributed by atoms with Gasteiger partial charge in [-0.3, -0.25) is 0 Å². The van der Waals surface area contributed by atoms with E-state index in [0.717, 1.165) is 12.2 Å². The lowest BCUT2D eigenvalue weighted by molar-refractivity contribution is 0.410.